The highest BCUT2D eigenvalue weighted by Gasteiger charge is 2.24. The standard InChI is InChI=1S/C6H10F4/c1-4(6(9)10)5(8)2-3-7/h4-6H,2-3H2,1H3. The molecule has 0 aromatic heterocycles. The summed E-state index contributed by atoms with van der Waals surface area (Å²) in [5.74, 6) is -1.35. The van der Waals surface area contributed by atoms with E-state index in [9.17, 15) is 17.6 Å². The van der Waals surface area contributed by atoms with Gasteiger partial charge in [-0.3, -0.25) is 4.39 Å². The maximum Gasteiger partial charge on any atom is 0.243 e. The van der Waals surface area contributed by atoms with Crippen LogP contribution in [0.4, 0.5) is 17.6 Å². The van der Waals surface area contributed by atoms with E-state index >= 15 is 0 Å². The highest BCUT2D eigenvalue weighted by molar-refractivity contribution is 4.66. The Labute approximate surface area is 57.2 Å². The van der Waals surface area contributed by atoms with Crippen LogP contribution in [0.25, 0.3) is 0 Å². The second-order valence-electron chi connectivity index (χ2n) is 2.19. The van der Waals surface area contributed by atoms with Gasteiger partial charge in [0.15, 0.2) is 0 Å². The maximum atomic E-state index is 12.3. The van der Waals surface area contributed by atoms with Crippen LogP contribution in [0.3, 0.4) is 0 Å². The fourth-order valence-electron chi connectivity index (χ4n) is 0.525. The lowest BCUT2D eigenvalue weighted by atomic mass is 10.1. The average molecular weight is 158 g/mol. The number of hydrogen-bond donors (Lipinski definition) is 0. The molecule has 0 aliphatic rings. The zero-order valence-electron chi connectivity index (χ0n) is 5.66. The van der Waals surface area contributed by atoms with Crippen molar-refractivity contribution in [3.8, 4) is 0 Å². The van der Waals surface area contributed by atoms with E-state index in [0.29, 0.717) is 0 Å². The number of halogens is 4. The van der Waals surface area contributed by atoms with Gasteiger partial charge in [0, 0.05) is 12.3 Å². The van der Waals surface area contributed by atoms with Crippen LogP contribution in [0.2, 0.25) is 0 Å². The van der Waals surface area contributed by atoms with E-state index < -0.39 is 31.6 Å². The zero-order chi connectivity index (χ0) is 8.15. The van der Waals surface area contributed by atoms with Gasteiger partial charge in [-0.2, -0.15) is 0 Å². The van der Waals surface area contributed by atoms with Crippen molar-refractivity contribution in [3.63, 3.8) is 0 Å². The predicted molar refractivity (Wildman–Crippen MR) is 30.7 cm³/mol. The third kappa shape index (κ3) is 3.03. The average Bonchev–Trinajstić information content (AvgIpc) is 1.87. The first-order valence-electron chi connectivity index (χ1n) is 3.07. The van der Waals surface area contributed by atoms with Crippen LogP contribution in [0.15, 0.2) is 0 Å². The van der Waals surface area contributed by atoms with Gasteiger partial charge in [-0.1, -0.05) is 6.92 Å². The molecule has 0 N–H and O–H groups in total. The molecule has 4 heteroatoms. The van der Waals surface area contributed by atoms with Crippen LogP contribution in [-0.2, 0) is 0 Å². The van der Waals surface area contributed by atoms with Crippen molar-refractivity contribution in [2.45, 2.75) is 25.9 Å². The Morgan fingerprint density at radius 3 is 2.00 bits per heavy atom. The topological polar surface area (TPSA) is 0 Å². The Bertz CT molecular complexity index is 83.8. The molecule has 10 heavy (non-hydrogen) atoms. The summed E-state index contributed by atoms with van der Waals surface area (Å²) >= 11 is 0. The van der Waals surface area contributed by atoms with Gasteiger partial charge in [0.1, 0.15) is 6.17 Å². The Kier molecular flexibility index (Phi) is 4.40. The zero-order valence-corrected chi connectivity index (χ0v) is 5.66. The molecular weight excluding hydrogens is 148 g/mol. The molecule has 0 saturated carbocycles. The molecule has 0 saturated heterocycles. The normalized spacial score (nSPS) is 17.4. The molecule has 62 valence electrons. The molecule has 0 nitrogen and oxygen atoms in total. The summed E-state index contributed by atoms with van der Waals surface area (Å²) in [4.78, 5) is 0. The van der Waals surface area contributed by atoms with Crippen molar-refractivity contribution >= 4 is 0 Å². The van der Waals surface area contributed by atoms with Gasteiger partial charge in [0.2, 0.25) is 6.43 Å². The molecule has 0 rings (SSSR count). The van der Waals surface area contributed by atoms with Gasteiger partial charge in [-0.25, -0.2) is 13.2 Å². The van der Waals surface area contributed by atoms with E-state index in [0.717, 1.165) is 6.92 Å². The molecule has 0 amide bonds. The van der Waals surface area contributed by atoms with E-state index in [1.54, 1.807) is 0 Å². The van der Waals surface area contributed by atoms with E-state index in [1.807, 2.05) is 0 Å². The first kappa shape index (κ1) is 9.72. The minimum atomic E-state index is -2.69. The van der Waals surface area contributed by atoms with E-state index in [2.05, 4.69) is 0 Å². The minimum absolute atomic E-state index is 0.425. The van der Waals surface area contributed by atoms with E-state index in [-0.39, 0.29) is 0 Å². The smallest absolute Gasteiger partial charge is 0.243 e. The fraction of sp³-hybridized carbons (Fsp3) is 1.00. The van der Waals surface area contributed by atoms with Gasteiger partial charge in [0.05, 0.1) is 6.67 Å². The van der Waals surface area contributed by atoms with Gasteiger partial charge in [0.25, 0.3) is 0 Å². The van der Waals surface area contributed by atoms with Crippen LogP contribution in [0.5, 0.6) is 0 Å². The number of hydrogen-bond acceptors (Lipinski definition) is 0. The molecular formula is C6H10F4. The van der Waals surface area contributed by atoms with Crippen molar-refractivity contribution in [2.75, 3.05) is 6.67 Å². The second-order valence-corrected chi connectivity index (χ2v) is 2.19. The summed E-state index contributed by atoms with van der Waals surface area (Å²) in [6.07, 6.45) is -4.84. The summed E-state index contributed by atoms with van der Waals surface area (Å²) in [7, 11) is 0. The maximum absolute atomic E-state index is 12.3. The summed E-state index contributed by atoms with van der Waals surface area (Å²) in [5.41, 5.74) is 0. The summed E-state index contributed by atoms with van der Waals surface area (Å²) in [6, 6.07) is 0. The van der Waals surface area contributed by atoms with Gasteiger partial charge >= 0.3 is 0 Å². The third-order valence-corrected chi connectivity index (χ3v) is 1.35. The van der Waals surface area contributed by atoms with Gasteiger partial charge in [-0.05, 0) is 0 Å². The van der Waals surface area contributed by atoms with Gasteiger partial charge in [-0.15, -0.1) is 0 Å². The molecule has 0 spiro atoms. The molecule has 0 aromatic rings. The van der Waals surface area contributed by atoms with Crippen molar-refractivity contribution in [2.24, 2.45) is 5.92 Å². The van der Waals surface area contributed by atoms with Crippen LogP contribution in [-0.4, -0.2) is 19.3 Å². The Hall–Kier alpha value is -0.280. The minimum Gasteiger partial charge on any atom is -0.251 e. The van der Waals surface area contributed by atoms with E-state index in [1.165, 1.54) is 0 Å². The molecule has 0 aromatic carbocycles. The number of rotatable bonds is 4. The monoisotopic (exact) mass is 158 g/mol. The van der Waals surface area contributed by atoms with E-state index in [4.69, 9.17) is 0 Å². The van der Waals surface area contributed by atoms with Crippen molar-refractivity contribution in [1.82, 2.24) is 0 Å². The molecule has 0 bridgehead atoms. The number of alkyl halides is 4. The molecule has 0 heterocycles. The second kappa shape index (κ2) is 4.52. The first-order chi connectivity index (χ1) is 4.59. The lowest BCUT2D eigenvalue weighted by molar-refractivity contribution is 0.0341. The molecule has 0 aliphatic heterocycles. The Balaban J connectivity index is 3.58. The largest absolute Gasteiger partial charge is 0.251 e. The summed E-state index contributed by atoms with van der Waals surface area (Å²) in [5, 5.41) is 0. The Morgan fingerprint density at radius 1 is 1.20 bits per heavy atom. The highest BCUT2D eigenvalue weighted by Crippen LogP contribution is 2.18. The SMILES string of the molecule is CC(C(F)F)C(F)CCF. The quantitative estimate of drug-likeness (QED) is 0.551. The van der Waals surface area contributed by atoms with Crippen LogP contribution >= 0.6 is 0 Å². The molecule has 0 radical (unpaired) electrons. The van der Waals surface area contributed by atoms with Crippen molar-refractivity contribution in [1.29, 1.82) is 0 Å². The lowest BCUT2D eigenvalue weighted by Crippen LogP contribution is -2.20. The van der Waals surface area contributed by atoms with Crippen molar-refractivity contribution in [3.05, 3.63) is 0 Å². The van der Waals surface area contributed by atoms with Crippen LogP contribution in [0.1, 0.15) is 13.3 Å². The molecule has 2 unspecified atom stereocenters. The van der Waals surface area contributed by atoms with Crippen molar-refractivity contribution < 1.29 is 17.6 Å². The predicted octanol–water partition coefficient (Wildman–Crippen LogP) is 2.59. The van der Waals surface area contributed by atoms with Gasteiger partial charge < -0.3 is 0 Å². The molecule has 2 atom stereocenters. The summed E-state index contributed by atoms with van der Waals surface area (Å²) < 4.78 is 47.0. The van der Waals surface area contributed by atoms with Crippen LogP contribution < -0.4 is 0 Å². The Morgan fingerprint density at radius 2 is 1.70 bits per heavy atom. The molecule has 0 fully saturated rings. The lowest BCUT2D eigenvalue weighted by Gasteiger charge is -2.13. The summed E-state index contributed by atoms with van der Waals surface area (Å²) in [6.45, 7) is 0.198. The third-order valence-electron chi connectivity index (χ3n) is 1.35. The van der Waals surface area contributed by atoms with Crippen LogP contribution in [0, 0.1) is 5.92 Å². The fourth-order valence-corrected chi connectivity index (χ4v) is 0.525. The first-order valence-corrected chi connectivity index (χ1v) is 3.07. The molecule has 0 aliphatic carbocycles. The highest BCUT2D eigenvalue weighted by atomic mass is 19.3.